The number of hydrogen-bond donors (Lipinski definition) is 2. The number of thiocarbonyl (C=S) groups is 1. The fraction of sp³-hybridized carbons (Fsp3) is 0.467. The molecule has 2 aliphatic heterocycles. The van der Waals surface area contributed by atoms with Gasteiger partial charge in [0.25, 0.3) is 0 Å². The van der Waals surface area contributed by atoms with Gasteiger partial charge in [0.05, 0.1) is 25.5 Å². The first kappa shape index (κ1) is 16.6. The molecule has 0 saturated carbocycles. The molecule has 0 unspecified atom stereocenters. The van der Waals surface area contributed by atoms with E-state index < -0.39 is 0 Å². The average molecular weight is 398 g/mol. The predicted octanol–water partition coefficient (Wildman–Crippen LogP) is 1.14. The summed E-state index contributed by atoms with van der Waals surface area (Å²) in [6, 6.07) is 6.27. The van der Waals surface area contributed by atoms with Crippen LogP contribution in [0.25, 0.3) is 0 Å². The zero-order valence-corrected chi connectivity index (χ0v) is 15.2. The van der Waals surface area contributed by atoms with Crippen LogP contribution in [0.1, 0.15) is 5.56 Å². The Kier molecular flexibility index (Phi) is 5.47. The summed E-state index contributed by atoms with van der Waals surface area (Å²) in [4.78, 5) is 4.78. The van der Waals surface area contributed by atoms with Crippen molar-refractivity contribution in [2.45, 2.75) is 0 Å². The standard InChI is InChI=1S/C15H20BrN5OS/c16-11-1-2-14-12(9-11)13(18-19-15(17)23)10-21(14)4-3-20-5-7-22-8-6-20/h1-2,9H,3-8,10H2,(H3,17,19,23)/b18-13+. The predicted molar refractivity (Wildman–Crippen MR) is 100 cm³/mol. The first-order valence-corrected chi connectivity index (χ1v) is 8.80. The normalized spacial score (nSPS) is 19.9. The lowest BCUT2D eigenvalue weighted by molar-refractivity contribution is 0.0392. The number of fused-ring (bicyclic) bond motifs is 1. The zero-order chi connectivity index (χ0) is 16.2. The van der Waals surface area contributed by atoms with Crippen LogP contribution in [0.15, 0.2) is 27.8 Å². The minimum atomic E-state index is 0.181. The highest BCUT2D eigenvalue weighted by atomic mass is 79.9. The van der Waals surface area contributed by atoms with Gasteiger partial charge in [-0.25, -0.2) is 0 Å². The smallest absolute Gasteiger partial charge is 0.184 e. The molecule has 8 heteroatoms. The van der Waals surface area contributed by atoms with E-state index >= 15 is 0 Å². The zero-order valence-electron chi connectivity index (χ0n) is 12.8. The molecule has 0 atom stereocenters. The van der Waals surface area contributed by atoms with Gasteiger partial charge in [-0.2, -0.15) is 5.10 Å². The molecule has 1 fully saturated rings. The molecule has 0 aromatic heterocycles. The number of benzene rings is 1. The summed E-state index contributed by atoms with van der Waals surface area (Å²) in [5.74, 6) is 0. The maximum Gasteiger partial charge on any atom is 0.184 e. The number of ether oxygens (including phenoxy) is 1. The minimum Gasteiger partial charge on any atom is -0.379 e. The molecule has 2 heterocycles. The summed E-state index contributed by atoms with van der Waals surface area (Å²) in [6.45, 7) is 6.40. The number of morpholine rings is 1. The van der Waals surface area contributed by atoms with Gasteiger partial charge >= 0.3 is 0 Å². The first-order chi connectivity index (χ1) is 11.1. The van der Waals surface area contributed by atoms with Crippen LogP contribution in [0.3, 0.4) is 0 Å². The Hall–Kier alpha value is -1.22. The van der Waals surface area contributed by atoms with E-state index in [-0.39, 0.29) is 5.11 Å². The number of hydrazone groups is 1. The van der Waals surface area contributed by atoms with E-state index in [2.05, 4.69) is 54.5 Å². The Morgan fingerprint density at radius 3 is 2.87 bits per heavy atom. The molecule has 23 heavy (non-hydrogen) atoms. The summed E-state index contributed by atoms with van der Waals surface area (Å²) < 4.78 is 6.44. The molecule has 3 N–H and O–H groups in total. The monoisotopic (exact) mass is 397 g/mol. The van der Waals surface area contributed by atoms with Crippen LogP contribution in [0.4, 0.5) is 5.69 Å². The third-order valence-electron chi connectivity index (χ3n) is 4.04. The van der Waals surface area contributed by atoms with E-state index in [9.17, 15) is 0 Å². The molecule has 6 nitrogen and oxygen atoms in total. The maximum atomic E-state index is 5.48. The number of halogens is 1. The third-order valence-corrected chi connectivity index (χ3v) is 4.63. The molecule has 124 valence electrons. The quantitative estimate of drug-likeness (QED) is 0.586. The molecular formula is C15H20BrN5OS. The summed E-state index contributed by atoms with van der Waals surface area (Å²) in [7, 11) is 0. The number of hydrogen-bond acceptors (Lipinski definition) is 5. The van der Waals surface area contributed by atoms with Gasteiger partial charge in [0.2, 0.25) is 0 Å². The molecule has 1 saturated heterocycles. The second-order valence-electron chi connectivity index (χ2n) is 5.57. The van der Waals surface area contributed by atoms with Crippen molar-refractivity contribution in [2.24, 2.45) is 10.8 Å². The summed E-state index contributed by atoms with van der Waals surface area (Å²) in [5, 5.41) is 4.54. The van der Waals surface area contributed by atoms with Crippen LogP contribution < -0.4 is 16.1 Å². The van der Waals surface area contributed by atoms with E-state index in [1.54, 1.807) is 0 Å². The van der Waals surface area contributed by atoms with Crippen LogP contribution in [-0.4, -0.2) is 61.7 Å². The topological polar surface area (TPSA) is 66.1 Å². The lowest BCUT2D eigenvalue weighted by atomic mass is 10.1. The van der Waals surface area contributed by atoms with Crippen molar-refractivity contribution in [3.8, 4) is 0 Å². The highest BCUT2D eigenvalue weighted by molar-refractivity contribution is 9.10. The molecule has 1 aromatic carbocycles. The minimum absolute atomic E-state index is 0.181. The highest BCUT2D eigenvalue weighted by Gasteiger charge is 2.25. The van der Waals surface area contributed by atoms with Gasteiger partial charge in [0, 0.05) is 41.9 Å². The van der Waals surface area contributed by atoms with Gasteiger partial charge in [0.15, 0.2) is 5.11 Å². The Morgan fingerprint density at radius 1 is 1.35 bits per heavy atom. The van der Waals surface area contributed by atoms with Crippen LogP contribution >= 0.6 is 28.1 Å². The van der Waals surface area contributed by atoms with Crippen molar-refractivity contribution in [2.75, 3.05) is 50.8 Å². The van der Waals surface area contributed by atoms with E-state index in [1.807, 2.05) is 0 Å². The van der Waals surface area contributed by atoms with E-state index in [1.165, 1.54) is 5.69 Å². The van der Waals surface area contributed by atoms with Crippen LogP contribution in [-0.2, 0) is 4.74 Å². The van der Waals surface area contributed by atoms with E-state index in [4.69, 9.17) is 22.7 Å². The van der Waals surface area contributed by atoms with Crippen molar-refractivity contribution >= 4 is 44.7 Å². The molecule has 3 rings (SSSR count). The molecule has 0 radical (unpaired) electrons. The summed E-state index contributed by atoms with van der Waals surface area (Å²) in [6.07, 6.45) is 0. The highest BCUT2D eigenvalue weighted by Crippen LogP contribution is 2.30. The van der Waals surface area contributed by atoms with Gasteiger partial charge in [-0.1, -0.05) is 15.9 Å². The molecule has 1 aromatic rings. The largest absolute Gasteiger partial charge is 0.379 e. The third kappa shape index (κ3) is 4.20. The van der Waals surface area contributed by atoms with Crippen molar-refractivity contribution in [3.63, 3.8) is 0 Å². The molecule has 0 amide bonds. The SMILES string of the molecule is NC(=S)N/N=C1\CN(CCN2CCOCC2)c2ccc(Br)cc21. The Bertz CT molecular complexity index is 618. The van der Waals surface area contributed by atoms with Crippen LogP contribution in [0.5, 0.6) is 0 Å². The molecule has 2 aliphatic rings. The molecule has 0 aliphatic carbocycles. The average Bonchev–Trinajstić information content (AvgIpc) is 2.89. The van der Waals surface area contributed by atoms with Gasteiger partial charge in [-0.05, 0) is 30.4 Å². The van der Waals surface area contributed by atoms with Gasteiger partial charge < -0.3 is 15.4 Å². The second-order valence-corrected chi connectivity index (χ2v) is 6.93. The molecular weight excluding hydrogens is 378 g/mol. The van der Waals surface area contributed by atoms with E-state index in [0.717, 1.165) is 61.7 Å². The van der Waals surface area contributed by atoms with E-state index in [0.29, 0.717) is 0 Å². The first-order valence-electron chi connectivity index (χ1n) is 7.60. The lowest BCUT2D eigenvalue weighted by Gasteiger charge is -2.29. The Morgan fingerprint density at radius 2 is 2.13 bits per heavy atom. The Labute approximate surface area is 149 Å². The summed E-state index contributed by atoms with van der Waals surface area (Å²) >= 11 is 8.37. The van der Waals surface area contributed by atoms with Crippen molar-refractivity contribution in [1.82, 2.24) is 10.3 Å². The molecule has 0 bridgehead atoms. The number of nitrogens with two attached hydrogens (primary N) is 1. The van der Waals surface area contributed by atoms with Gasteiger partial charge in [-0.3, -0.25) is 10.3 Å². The van der Waals surface area contributed by atoms with Crippen LogP contribution in [0.2, 0.25) is 0 Å². The number of anilines is 1. The van der Waals surface area contributed by atoms with Crippen molar-refractivity contribution in [3.05, 3.63) is 28.2 Å². The van der Waals surface area contributed by atoms with Gasteiger partial charge in [-0.15, -0.1) is 0 Å². The lowest BCUT2D eigenvalue weighted by Crippen LogP contribution is -2.41. The molecule has 0 spiro atoms. The van der Waals surface area contributed by atoms with Crippen molar-refractivity contribution in [1.29, 1.82) is 0 Å². The van der Waals surface area contributed by atoms with Crippen LogP contribution in [0, 0.1) is 0 Å². The maximum absolute atomic E-state index is 5.48. The number of nitrogens with one attached hydrogen (secondary N) is 1. The number of nitrogens with zero attached hydrogens (tertiary/aromatic N) is 3. The second kappa shape index (κ2) is 7.57. The van der Waals surface area contributed by atoms with Crippen molar-refractivity contribution < 1.29 is 4.74 Å². The van der Waals surface area contributed by atoms with Gasteiger partial charge in [0.1, 0.15) is 0 Å². The fourth-order valence-corrected chi connectivity index (χ4v) is 3.28. The fourth-order valence-electron chi connectivity index (χ4n) is 2.87. The summed E-state index contributed by atoms with van der Waals surface area (Å²) in [5.41, 5.74) is 11.5. The number of rotatable bonds is 4. The Balaban J connectivity index is 1.72.